The molecule has 0 bridgehead atoms. The maximum atomic E-state index is 12.2. The molecule has 5 N–H and O–H groups in total. The second kappa shape index (κ2) is 5.65. The van der Waals surface area contributed by atoms with E-state index in [-0.39, 0.29) is 12.5 Å². The van der Waals surface area contributed by atoms with E-state index < -0.39 is 11.3 Å². The molecule has 0 radical (unpaired) electrons. The Morgan fingerprint density at radius 2 is 2.05 bits per heavy atom. The fourth-order valence-electron chi connectivity index (χ4n) is 1.73. The molecule has 0 unspecified atom stereocenters. The van der Waals surface area contributed by atoms with E-state index in [0.717, 1.165) is 14.6 Å². The molecule has 0 aliphatic carbocycles. The Morgan fingerprint density at radius 1 is 1.38 bits per heavy atom. The molecule has 0 aliphatic rings. The van der Waals surface area contributed by atoms with Gasteiger partial charge in [-0.2, -0.15) is 0 Å². The number of anilines is 1. The van der Waals surface area contributed by atoms with E-state index in [1.807, 2.05) is 18.2 Å². The number of thiophene rings is 1. The van der Waals surface area contributed by atoms with Gasteiger partial charge in [0, 0.05) is 21.1 Å². The summed E-state index contributed by atoms with van der Waals surface area (Å²) in [7, 11) is 0. The highest BCUT2D eigenvalue weighted by Crippen LogP contribution is 2.35. The van der Waals surface area contributed by atoms with Gasteiger partial charge >= 0.3 is 0 Å². The average Bonchev–Trinajstić information content (AvgIpc) is 2.72. The Morgan fingerprint density at radius 3 is 2.67 bits per heavy atom. The van der Waals surface area contributed by atoms with Crippen molar-refractivity contribution in [1.82, 2.24) is 5.32 Å². The molecule has 0 atom stereocenters. The van der Waals surface area contributed by atoms with Crippen molar-refractivity contribution < 1.29 is 9.59 Å². The Hall–Kier alpha value is -1.60. The van der Waals surface area contributed by atoms with E-state index >= 15 is 0 Å². The largest absolute Gasteiger partial charge is 0.397 e. The molecule has 2 aromatic rings. The number of nitrogen functional groups attached to an aromatic ring is 1. The molecule has 0 aliphatic heterocycles. The smallest absolute Gasteiger partial charge is 0.263 e. The summed E-state index contributed by atoms with van der Waals surface area (Å²) in [6, 6.07) is 5.67. The van der Waals surface area contributed by atoms with Gasteiger partial charge in [0.1, 0.15) is 4.88 Å². The predicted molar refractivity (Wildman–Crippen MR) is 89.2 cm³/mol. The molecule has 0 saturated carbocycles. The number of hydrogen-bond acceptors (Lipinski definition) is 4. The van der Waals surface area contributed by atoms with Crippen LogP contribution in [0, 0.1) is 5.41 Å². The molecule has 21 heavy (non-hydrogen) atoms. The van der Waals surface area contributed by atoms with Crippen LogP contribution in [0.25, 0.3) is 10.1 Å². The molecular weight excluding hydrogens is 354 g/mol. The zero-order valence-corrected chi connectivity index (χ0v) is 14.1. The van der Waals surface area contributed by atoms with Gasteiger partial charge in [0.2, 0.25) is 5.91 Å². The van der Waals surface area contributed by atoms with Crippen LogP contribution < -0.4 is 16.8 Å². The standard InChI is InChI=1S/C14H16BrN3O2S/c1-14(2,13(17)20)6-18-12(19)11-10(16)8-4-3-7(15)5-9(8)21-11/h3-5H,6,16H2,1-2H3,(H2,17,20)(H,18,19). The first-order valence-corrected chi connectivity index (χ1v) is 7.89. The summed E-state index contributed by atoms with van der Waals surface area (Å²) in [6.07, 6.45) is 0. The molecule has 2 amide bonds. The normalized spacial score (nSPS) is 11.6. The van der Waals surface area contributed by atoms with Crippen molar-refractivity contribution in [2.45, 2.75) is 13.8 Å². The third-order valence-electron chi connectivity index (χ3n) is 3.25. The van der Waals surface area contributed by atoms with E-state index in [9.17, 15) is 9.59 Å². The molecule has 1 aromatic carbocycles. The van der Waals surface area contributed by atoms with Crippen molar-refractivity contribution in [3.8, 4) is 0 Å². The van der Waals surface area contributed by atoms with Crippen LogP contribution in [0.4, 0.5) is 5.69 Å². The fourth-order valence-corrected chi connectivity index (χ4v) is 3.32. The number of carbonyl (C=O) groups is 2. The second-order valence-electron chi connectivity index (χ2n) is 5.42. The Bertz CT molecular complexity index is 724. The van der Waals surface area contributed by atoms with Gasteiger partial charge in [-0.05, 0) is 26.0 Å². The van der Waals surface area contributed by atoms with Crippen molar-refractivity contribution in [1.29, 1.82) is 0 Å². The van der Waals surface area contributed by atoms with Crippen molar-refractivity contribution in [3.63, 3.8) is 0 Å². The van der Waals surface area contributed by atoms with E-state index in [4.69, 9.17) is 11.5 Å². The lowest BCUT2D eigenvalue weighted by Crippen LogP contribution is -2.42. The van der Waals surface area contributed by atoms with Gasteiger partial charge < -0.3 is 16.8 Å². The zero-order chi connectivity index (χ0) is 15.8. The fraction of sp³-hybridized carbons (Fsp3) is 0.286. The van der Waals surface area contributed by atoms with E-state index in [1.54, 1.807) is 13.8 Å². The summed E-state index contributed by atoms with van der Waals surface area (Å²) in [5.74, 6) is -0.754. The van der Waals surface area contributed by atoms with Crippen molar-refractivity contribution >= 4 is 54.9 Å². The minimum atomic E-state index is -0.801. The SMILES string of the molecule is CC(C)(CNC(=O)c1sc2cc(Br)ccc2c1N)C(N)=O. The maximum absolute atomic E-state index is 12.2. The number of fused-ring (bicyclic) bond motifs is 1. The maximum Gasteiger partial charge on any atom is 0.263 e. The predicted octanol–water partition coefficient (Wildman–Crippen LogP) is 2.49. The molecule has 0 saturated heterocycles. The zero-order valence-electron chi connectivity index (χ0n) is 11.7. The number of nitrogens with one attached hydrogen (secondary N) is 1. The molecule has 112 valence electrons. The summed E-state index contributed by atoms with van der Waals surface area (Å²) in [5.41, 5.74) is 11.0. The average molecular weight is 370 g/mol. The summed E-state index contributed by atoms with van der Waals surface area (Å²) in [5, 5.41) is 3.57. The van der Waals surface area contributed by atoms with E-state index in [0.29, 0.717) is 10.6 Å². The van der Waals surface area contributed by atoms with Crippen LogP contribution in [-0.4, -0.2) is 18.4 Å². The first-order valence-electron chi connectivity index (χ1n) is 6.28. The molecule has 0 spiro atoms. The van der Waals surface area contributed by atoms with E-state index in [1.165, 1.54) is 11.3 Å². The number of rotatable bonds is 4. The third-order valence-corrected chi connectivity index (χ3v) is 4.91. The number of carbonyl (C=O) groups excluding carboxylic acids is 2. The van der Waals surface area contributed by atoms with Gasteiger partial charge in [-0.3, -0.25) is 9.59 Å². The van der Waals surface area contributed by atoms with Crippen LogP contribution >= 0.6 is 27.3 Å². The van der Waals surface area contributed by atoms with Crippen molar-refractivity contribution in [2.75, 3.05) is 12.3 Å². The molecular formula is C14H16BrN3O2S. The van der Waals surface area contributed by atoms with Crippen LogP contribution in [-0.2, 0) is 4.79 Å². The molecule has 5 nitrogen and oxygen atoms in total. The number of benzene rings is 1. The number of amides is 2. The van der Waals surface area contributed by atoms with Crippen LogP contribution in [0.5, 0.6) is 0 Å². The lowest BCUT2D eigenvalue weighted by atomic mass is 9.93. The molecule has 1 aromatic heterocycles. The summed E-state index contributed by atoms with van der Waals surface area (Å²) >= 11 is 4.71. The minimum Gasteiger partial charge on any atom is -0.397 e. The molecule has 7 heteroatoms. The Balaban J connectivity index is 2.24. The third kappa shape index (κ3) is 3.19. The quantitative estimate of drug-likeness (QED) is 0.771. The summed E-state index contributed by atoms with van der Waals surface area (Å²) in [6.45, 7) is 3.53. The van der Waals surface area contributed by atoms with Gasteiger partial charge in [-0.1, -0.05) is 22.0 Å². The topological polar surface area (TPSA) is 98.2 Å². The Kier molecular flexibility index (Phi) is 4.25. The highest BCUT2D eigenvalue weighted by atomic mass is 79.9. The first-order chi connectivity index (χ1) is 9.72. The lowest BCUT2D eigenvalue weighted by Gasteiger charge is -2.20. The van der Waals surface area contributed by atoms with Crippen LogP contribution in [0.2, 0.25) is 0 Å². The van der Waals surface area contributed by atoms with Gasteiger partial charge in [-0.15, -0.1) is 11.3 Å². The van der Waals surface area contributed by atoms with Gasteiger partial charge in [-0.25, -0.2) is 0 Å². The van der Waals surface area contributed by atoms with Crippen molar-refractivity contribution in [2.24, 2.45) is 11.1 Å². The van der Waals surface area contributed by atoms with Crippen LogP contribution in [0.3, 0.4) is 0 Å². The number of halogens is 1. The lowest BCUT2D eigenvalue weighted by molar-refractivity contribution is -0.125. The second-order valence-corrected chi connectivity index (χ2v) is 7.38. The van der Waals surface area contributed by atoms with Gasteiger partial charge in [0.25, 0.3) is 5.91 Å². The van der Waals surface area contributed by atoms with Gasteiger partial charge in [0.15, 0.2) is 0 Å². The summed E-state index contributed by atoms with van der Waals surface area (Å²) in [4.78, 5) is 24.0. The minimum absolute atomic E-state index is 0.165. The Labute approximate surface area is 134 Å². The monoisotopic (exact) mass is 369 g/mol. The van der Waals surface area contributed by atoms with Crippen molar-refractivity contribution in [3.05, 3.63) is 27.5 Å². The van der Waals surface area contributed by atoms with Gasteiger partial charge in [0.05, 0.1) is 11.1 Å². The first kappa shape index (κ1) is 15.8. The number of nitrogens with two attached hydrogens (primary N) is 2. The van der Waals surface area contributed by atoms with Crippen LogP contribution in [0.15, 0.2) is 22.7 Å². The number of primary amides is 1. The van der Waals surface area contributed by atoms with Crippen LogP contribution in [0.1, 0.15) is 23.5 Å². The molecule has 1 heterocycles. The summed E-state index contributed by atoms with van der Waals surface area (Å²) < 4.78 is 1.86. The highest BCUT2D eigenvalue weighted by Gasteiger charge is 2.26. The number of hydrogen-bond donors (Lipinski definition) is 3. The molecule has 2 rings (SSSR count). The highest BCUT2D eigenvalue weighted by molar-refractivity contribution is 9.10. The molecule has 0 fully saturated rings. The van der Waals surface area contributed by atoms with E-state index in [2.05, 4.69) is 21.2 Å².